The first-order chi connectivity index (χ1) is 18.5. The number of hydrogen-bond donors (Lipinski definition) is 0. The molecule has 0 aliphatic heterocycles. The van der Waals surface area contributed by atoms with E-state index in [2.05, 4.69) is 56.1 Å². The van der Waals surface area contributed by atoms with Crippen LogP contribution in [0.4, 0.5) is 0 Å². The lowest BCUT2D eigenvalue weighted by Crippen LogP contribution is -3.00. The molecule has 0 aliphatic rings. The molecule has 6 heteroatoms. The van der Waals surface area contributed by atoms with E-state index in [1.165, 1.54) is 194 Å². The molecule has 0 aliphatic carbocycles. The third kappa shape index (κ3) is 35.8. The van der Waals surface area contributed by atoms with E-state index in [1.54, 1.807) is 0 Å². The van der Waals surface area contributed by atoms with E-state index in [0.29, 0.717) is 0 Å². The summed E-state index contributed by atoms with van der Waals surface area (Å²) < 4.78 is 3.61. The van der Waals surface area contributed by atoms with Crippen molar-refractivity contribution in [1.82, 2.24) is 0 Å². The molecule has 0 fully saturated rings. The third-order valence-corrected chi connectivity index (χ3v) is 9.29. The largest absolute Gasteiger partial charge is 1.00 e. The van der Waals surface area contributed by atoms with Gasteiger partial charge < -0.3 is 64.4 Å². The van der Waals surface area contributed by atoms with E-state index in [4.69, 9.17) is 0 Å². The molecule has 260 valence electrons. The van der Waals surface area contributed by atoms with Crippen molar-refractivity contribution in [3.05, 3.63) is 0 Å². The minimum Gasteiger partial charge on any atom is -1.00 e. The van der Waals surface area contributed by atoms with E-state index in [-0.39, 0.29) is 50.9 Å². The lowest BCUT2D eigenvalue weighted by atomic mass is 10.1. The van der Waals surface area contributed by atoms with Crippen LogP contribution in [0.3, 0.4) is 0 Å². The lowest BCUT2D eigenvalue weighted by Gasteiger charge is -2.35. The average Bonchev–Trinajstić information content (AvgIpc) is 2.85. The Hall–Kier alpha value is 1.32. The van der Waals surface area contributed by atoms with Crippen molar-refractivity contribution in [2.75, 3.05) is 81.6 Å². The Morgan fingerprint density at radius 1 is 0.238 bits per heavy atom. The first-order valence-electron chi connectivity index (χ1n) is 18.0. The summed E-state index contributed by atoms with van der Waals surface area (Å²) in [6.07, 6.45) is 31.5. The standard InChI is InChI=1S/C36H80N3.3BrH/c1-9-11-13-15-17-19-21-23-25-27-31-37(3,4)33-29-35-39(7,8)36-30-34-38(5,6)32-28-26-24-22-20-18-16-14-12-10-2;;;/h9-36H2,1-8H3;3*1H/q+3;;;/p-3. The number of unbranched alkanes of at least 4 members (excludes halogenated alkanes) is 18. The topological polar surface area (TPSA) is 0 Å². The number of halogens is 3. The van der Waals surface area contributed by atoms with Gasteiger partial charge >= 0.3 is 0 Å². The maximum absolute atomic E-state index is 2.46. The lowest BCUT2D eigenvalue weighted by molar-refractivity contribution is -0.917. The van der Waals surface area contributed by atoms with Gasteiger partial charge in [-0.05, 0) is 25.7 Å². The van der Waals surface area contributed by atoms with E-state index in [0.717, 1.165) is 0 Å². The SMILES string of the molecule is CCCCCCCCCCCC[N+](C)(C)CCC[N+](C)(C)CCC[N+](C)(C)CCCCCCCCCCCC.[Br-].[Br-].[Br-]. The fourth-order valence-electron chi connectivity index (χ4n) is 6.24. The van der Waals surface area contributed by atoms with Gasteiger partial charge in [0, 0.05) is 12.8 Å². The molecular weight excluding hydrogens is 714 g/mol. The number of rotatable bonds is 30. The predicted molar refractivity (Wildman–Crippen MR) is 178 cm³/mol. The van der Waals surface area contributed by atoms with Crippen LogP contribution in [0.5, 0.6) is 0 Å². The smallest absolute Gasteiger partial charge is 0.0836 e. The van der Waals surface area contributed by atoms with Gasteiger partial charge in [-0.3, -0.25) is 0 Å². The molecule has 0 unspecified atom stereocenters. The summed E-state index contributed by atoms with van der Waals surface area (Å²) in [4.78, 5) is 0. The van der Waals surface area contributed by atoms with Gasteiger partial charge in [-0.15, -0.1) is 0 Å². The second kappa shape index (κ2) is 32.3. The molecule has 0 bridgehead atoms. The van der Waals surface area contributed by atoms with E-state index in [1.807, 2.05) is 0 Å². The van der Waals surface area contributed by atoms with Gasteiger partial charge in [0.25, 0.3) is 0 Å². The van der Waals surface area contributed by atoms with Gasteiger partial charge in [-0.2, -0.15) is 0 Å². The molecule has 0 spiro atoms. The molecule has 0 aromatic heterocycles. The monoisotopic (exact) mass is 791 g/mol. The predicted octanol–water partition coefficient (Wildman–Crippen LogP) is 0.850. The van der Waals surface area contributed by atoms with Crippen LogP contribution in [-0.4, -0.2) is 95.0 Å². The van der Waals surface area contributed by atoms with Crippen LogP contribution < -0.4 is 50.9 Å². The van der Waals surface area contributed by atoms with Crippen LogP contribution in [0.15, 0.2) is 0 Å². The normalized spacial score (nSPS) is 12.0. The molecule has 3 nitrogen and oxygen atoms in total. The molecule has 0 radical (unpaired) electrons. The Kier molecular flexibility index (Phi) is 38.6. The van der Waals surface area contributed by atoms with Gasteiger partial charge in [0.15, 0.2) is 0 Å². The summed E-state index contributed by atoms with van der Waals surface area (Å²) in [5, 5.41) is 0. The minimum absolute atomic E-state index is 0. The van der Waals surface area contributed by atoms with Crippen molar-refractivity contribution in [3.63, 3.8) is 0 Å². The molecule has 0 N–H and O–H groups in total. The maximum atomic E-state index is 2.46. The Labute approximate surface area is 299 Å². The van der Waals surface area contributed by atoms with Crippen molar-refractivity contribution >= 4 is 0 Å². The molecule has 0 saturated heterocycles. The summed E-state index contributed by atoms with van der Waals surface area (Å²) in [5.41, 5.74) is 0. The Morgan fingerprint density at radius 2 is 0.405 bits per heavy atom. The third-order valence-electron chi connectivity index (χ3n) is 9.29. The first kappa shape index (κ1) is 50.2. The Bertz CT molecular complexity index is 483. The average molecular weight is 795 g/mol. The molecule has 42 heavy (non-hydrogen) atoms. The Balaban J connectivity index is -0.00000241. The minimum atomic E-state index is 0. The van der Waals surface area contributed by atoms with Crippen LogP contribution >= 0.6 is 0 Å². The van der Waals surface area contributed by atoms with Crippen molar-refractivity contribution in [2.24, 2.45) is 0 Å². The molecule has 0 rings (SSSR count). The maximum Gasteiger partial charge on any atom is 0.0836 e. The molecular formula is C36H80Br3N3. The zero-order chi connectivity index (χ0) is 29.3. The van der Waals surface area contributed by atoms with Gasteiger partial charge in [0.2, 0.25) is 0 Å². The highest BCUT2D eigenvalue weighted by molar-refractivity contribution is 4.50. The van der Waals surface area contributed by atoms with E-state index < -0.39 is 0 Å². The highest BCUT2D eigenvalue weighted by Crippen LogP contribution is 2.14. The molecule has 0 amide bonds. The van der Waals surface area contributed by atoms with Gasteiger partial charge in [-0.1, -0.05) is 117 Å². The fraction of sp³-hybridized carbons (Fsp3) is 1.00. The van der Waals surface area contributed by atoms with Gasteiger partial charge in [-0.25, -0.2) is 0 Å². The summed E-state index contributed by atoms with van der Waals surface area (Å²) in [7, 11) is 14.8. The highest BCUT2D eigenvalue weighted by atomic mass is 79.9. The molecule has 0 aromatic rings. The fourth-order valence-corrected chi connectivity index (χ4v) is 6.24. The summed E-state index contributed by atoms with van der Waals surface area (Å²) in [5.74, 6) is 0. The molecule has 0 saturated carbocycles. The second-order valence-electron chi connectivity index (χ2n) is 15.2. The highest BCUT2D eigenvalue weighted by Gasteiger charge is 2.21. The van der Waals surface area contributed by atoms with E-state index in [9.17, 15) is 0 Å². The number of hydrogen-bond acceptors (Lipinski definition) is 0. The van der Waals surface area contributed by atoms with Crippen molar-refractivity contribution < 1.29 is 64.4 Å². The van der Waals surface area contributed by atoms with Crippen molar-refractivity contribution in [3.8, 4) is 0 Å². The van der Waals surface area contributed by atoms with E-state index >= 15 is 0 Å². The first-order valence-corrected chi connectivity index (χ1v) is 18.0. The summed E-state index contributed by atoms with van der Waals surface area (Å²) in [6.45, 7) is 12.6. The number of quaternary nitrogens is 3. The van der Waals surface area contributed by atoms with Crippen LogP contribution in [0.25, 0.3) is 0 Å². The Morgan fingerprint density at radius 3 is 0.619 bits per heavy atom. The zero-order valence-electron chi connectivity index (χ0n) is 30.3. The van der Waals surface area contributed by atoms with Crippen LogP contribution in [0.1, 0.15) is 155 Å². The summed E-state index contributed by atoms with van der Waals surface area (Å²) in [6, 6.07) is 0. The molecule has 0 atom stereocenters. The van der Waals surface area contributed by atoms with Crippen molar-refractivity contribution in [1.29, 1.82) is 0 Å². The quantitative estimate of drug-likeness (QED) is 0.0749. The number of nitrogens with zero attached hydrogens (tertiary/aromatic N) is 3. The summed E-state index contributed by atoms with van der Waals surface area (Å²) >= 11 is 0. The molecule has 0 heterocycles. The van der Waals surface area contributed by atoms with Gasteiger partial charge in [0.1, 0.15) is 0 Å². The van der Waals surface area contributed by atoms with Crippen LogP contribution in [-0.2, 0) is 0 Å². The second-order valence-corrected chi connectivity index (χ2v) is 15.2. The van der Waals surface area contributed by atoms with Crippen LogP contribution in [0, 0.1) is 0 Å². The zero-order valence-corrected chi connectivity index (χ0v) is 35.0. The molecule has 0 aromatic carbocycles. The van der Waals surface area contributed by atoms with Gasteiger partial charge in [0.05, 0.1) is 81.6 Å². The van der Waals surface area contributed by atoms with Crippen LogP contribution in [0.2, 0.25) is 0 Å². The van der Waals surface area contributed by atoms with Crippen molar-refractivity contribution in [2.45, 2.75) is 155 Å².